The van der Waals surface area contributed by atoms with Crippen LogP contribution in [-0.4, -0.2) is 69.3 Å². The number of hydrogen-bond acceptors (Lipinski definition) is 6. The molecule has 1 saturated carbocycles. The number of aliphatic imine (C=N–C) groups is 1. The molecule has 2 heterocycles. The van der Waals surface area contributed by atoms with Crippen LogP contribution in [0, 0.1) is 0 Å². The largest absolute Gasteiger partial charge is 0.453 e. The molecule has 0 unspecified atom stereocenters. The molecule has 4 N–H and O–H groups in total. The van der Waals surface area contributed by atoms with Gasteiger partial charge >= 0.3 is 6.18 Å². The predicted molar refractivity (Wildman–Crippen MR) is 145 cm³/mol. The number of amides is 1. The Morgan fingerprint density at radius 3 is 2.66 bits per heavy atom. The highest BCUT2D eigenvalue weighted by molar-refractivity contribution is 6.35. The average molecular weight is 602 g/mol. The molecule has 1 saturated heterocycles. The van der Waals surface area contributed by atoms with Crippen molar-refractivity contribution in [3.05, 3.63) is 58.3 Å². The maximum absolute atomic E-state index is 13.9. The van der Waals surface area contributed by atoms with Crippen molar-refractivity contribution in [1.82, 2.24) is 25.4 Å². The Kier molecular flexibility index (Phi) is 10.0. The van der Waals surface area contributed by atoms with Gasteiger partial charge < -0.3 is 11.1 Å². The number of hydrogen-bond donors (Lipinski definition) is 3. The SMILES string of the molecule is NC(=CC(=NC1CCCC1)c1ccccc1Cl)C(=O)N[C@@H](CCN1CCCC(F)(F)C1)Cc1nc(C(F)(F)F)n[nH]1. The number of nitrogens with two attached hydrogens (primary N) is 1. The van der Waals surface area contributed by atoms with Crippen molar-refractivity contribution in [3.8, 4) is 0 Å². The zero-order valence-corrected chi connectivity index (χ0v) is 23.1. The molecule has 0 radical (unpaired) electrons. The topological polar surface area (TPSA) is 112 Å². The van der Waals surface area contributed by atoms with Gasteiger partial charge in [0, 0.05) is 36.0 Å². The summed E-state index contributed by atoms with van der Waals surface area (Å²) in [6.45, 7) is 0.227. The van der Waals surface area contributed by atoms with Crippen molar-refractivity contribution in [2.75, 3.05) is 19.6 Å². The van der Waals surface area contributed by atoms with Crippen LogP contribution in [0.1, 0.15) is 62.2 Å². The number of alkyl halides is 5. The first-order valence-corrected chi connectivity index (χ1v) is 14.0. The molecule has 224 valence electrons. The number of benzene rings is 1. The van der Waals surface area contributed by atoms with E-state index in [-0.39, 0.29) is 43.4 Å². The van der Waals surface area contributed by atoms with E-state index in [1.165, 1.54) is 6.08 Å². The molecule has 1 amide bonds. The first kappa shape index (κ1) is 30.9. The van der Waals surface area contributed by atoms with Crippen molar-refractivity contribution in [1.29, 1.82) is 0 Å². The number of likely N-dealkylation sites (tertiary alicyclic amines) is 1. The first-order valence-electron chi connectivity index (χ1n) is 13.6. The lowest BCUT2D eigenvalue weighted by Gasteiger charge is -2.33. The summed E-state index contributed by atoms with van der Waals surface area (Å²) in [6.07, 6.45) is 0.760. The van der Waals surface area contributed by atoms with Gasteiger partial charge in [0.1, 0.15) is 5.82 Å². The van der Waals surface area contributed by atoms with Crippen LogP contribution in [0.3, 0.4) is 0 Å². The summed E-state index contributed by atoms with van der Waals surface area (Å²) in [5.74, 6) is -4.93. The van der Waals surface area contributed by atoms with Crippen LogP contribution in [0.4, 0.5) is 22.0 Å². The van der Waals surface area contributed by atoms with Crippen LogP contribution < -0.4 is 11.1 Å². The monoisotopic (exact) mass is 601 g/mol. The highest BCUT2D eigenvalue weighted by Gasteiger charge is 2.37. The quantitative estimate of drug-likeness (QED) is 0.204. The molecule has 2 aromatic rings. The zero-order valence-electron chi connectivity index (χ0n) is 22.4. The molecule has 1 aromatic heterocycles. The van der Waals surface area contributed by atoms with Gasteiger partial charge in [-0.3, -0.25) is 19.8 Å². The third-order valence-corrected chi connectivity index (χ3v) is 7.51. The molecule has 1 aliphatic carbocycles. The minimum Gasteiger partial charge on any atom is -0.394 e. The van der Waals surface area contributed by atoms with E-state index in [0.717, 1.165) is 25.7 Å². The minimum absolute atomic E-state index is 0.0677. The van der Waals surface area contributed by atoms with Crippen molar-refractivity contribution in [2.45, 2.75) is 75.5 Å². The number of rotatable bonds is 10. The van der Waals surface area contributed by atoms with Crippen molar-refractivity contribution in [3.63, 3.8) is 0 Å². The second-order valence-corrected chi connectivity index (χ2v) is 10.9. The highest BCUT2D eigenvalue weighted by Crippen LogP contribution is 2.28. The lowest BCUT2D eigenvalue weighted by molar-refractivity contribution is -0.144. The highest BCUT2D eigenvalue weighted by atomic mass is 35.5. The van der Waals surface area contributed by atoms with Crippen LogP contribution >= 0.6 is 11.6 Å². The number of carbonyl (C=O) groups is 1. The first-order chi connectivity index (χ1) is 19.4. The number of allylic oxidation sites excluding steroid dienone is 1. The Labute approximate surface area is 239 Å². The fourth-order valence-corrected chi connectivity index (χ4v) is 5.35. The summed E-state index contributed by atoms with van der Waals surface area (Å²) in [7, 11) is 0. The van der Waals surface area contributed by atoms with E-state index < -0.39 is 36.4 Å². The number of aromatic nitrogens is 3. The molecule has 41 heavy (non-hydrogen) atoms. The molecule has 14 heteroatoms. The van der Waals surface area contributed by atoms with Gasteiger partial charge in [-0.2, -0.15) is 13.2 Å². The number of carbonyl (C=O) groups excluding carboxylic acids is 1. The standard InChI is InChI=1S/C27H33ClF5N7O/c28-20-9-4-3-8-19(20)22(35-17-6-1-2-7-17)15-21(34)24(41)36-18(10-13-40-12-5-11-26(29,30)16-40)14-23-37-25(39-38-23)27(31,32)33/h3-4,8-9,15,17-18H,1-2,5-7,10-14,16,34H2,(H,36,41)(H,37,38,39)/t18-/m0/s1. The third kappa shape index (κ3) is 8.96. The summed E-state index contributed by atoms with van der Waals surface area (Å²) in [4.78, 5) is 23.1. The Morgan fingerprint density at radius 1 is 1.27 bits per heavy atom. The van der Waals surface area contributed by atoms with Gasteiger partial charge in [0.05, 0.1) is 24.0 Å². The van der Waals surface area contributed by atoms with Crippen LogP contribution in [0.5, 0.6) is 0 Å². The molecule has 2 fully saturated rings. The maximum Gasteiger partial charge on any atom is 0.453 e. The number of piperidine rings is 1. The van der Waals surface area contributed by atoms with Crippen molar-refractivity contribution in [2.24, 2.45) is 10.7 Å². The zero-order chi connectivity index (χ0) is 29.6. The Hall–Kier alpha value is -3.06. The summed E-state index contributed by atoms with van der Waals surface area (Å²) >= 11 is 6.41. The number of nitrogens with one attached hydrogen (secondary N) is 2. The van der Waals surface area contributed by atoms with Crippen LogP contribution in [0.25, 0.3) is 0 Å². The van der Waals surface area contributed by atoms with Crippen LogP contribution in [0.15, 0.2) is 41.0 Å². The lowest BCUT2D eigenvalue weighted by atomic mass is 10.0. The predicted octanol–water partition coefficient (Wildman–Crippen LogP) is 4.90. The van der Waals surface area contributed by atoms with E-state index in [9.17, 15) is 26.7 Å². The maximum atomic E-state index is 13.9. The molecule has 0 spiro atoms. The van der Waals surface area contributed by atoms with Gasteiger partial charge in [0.2, 0.25) is 0 Å². The van der Waals surface area contributed by atoms with Gasteiger partial charge in [-0.15, -0.1) is 5.10 Å². The minimum atomic E-state index is -4.74. The average Bonchev–Trinajstić information content (AvgIpc) is 3.59. The number of aromatic amines is 1. The summed E-state index contributed by atoms with van der Waals surface area (Å²) in [5.41, 5.74) is 7.08. The molecule has 1 aromatic carbocycles. The second-order valence-electron chi connectivity index (χ2n) is 10.5. The van der Waals surface area contributed by atoms with E-state index in [4.69, 9.17) is 22.3 Å². The summed E-state index contributed by atoms with van der Waals surface area (Å²) in [5, 5.41) is 8.63. The van der Waals surface area contributed by atoms with Gasteiger partial charge in [-0.25, -0.2) is 13.8 Å². The van der Waals surface area contributed by atoms with Gasteiger partial charge in [0.25, 0.3) is 17.7 Å². The van der Waals surface area contributed by atoms with E-state index in [0.29, 0.717) is 29.3 Å². The van der Waals surface area contributed by atoms with E-state index >= 15 is 0 Å². The molecular weight excluding hydrogens is 569 g/mol. The number of H-pyrrole nitrogens is 1. The normalized spacial score (nSPS) is 19.9. The molecule has 8 nitrogen and oxygen atoms in total. The molecule has 1 aliphatic heterocycles. The molecule has 0 bridgehead atoms. The van der Waals surface area contributed by atoms with E-state index in [1.807, 2.05) is 0 Å². The number of halogens is 6. The van der Waals surface area contributed by atoms with Crippen LogP contribution in [0.2, 0.25) is 5.02 Å². The third-order valence-electron chi connectivity index (χ3n) is 7.18. The summed E-state index contributed by atoms with van der Waals surface area (Å²) in [6, 6.07) is 6.35. The van der Waals surface area contributed by atoms with Gasteiger partial charge in [-0.05, 0) is 44.4 Å². The molecule has 2 aliphatic rings. The molecule has 4 rings (SSSR count). The Balaban J connectivity index is 1.52. The van der Waals surface area contributed by atoms with Gasteiger partial charge in [0.15, 0.2) is 0 Å². The number of nitrogens with zero attached hydrogens (tertiary/aromatic N) is 4. The molecule has 1 atom stereocenters. The van der Waals surface area contributed by atoms with Crippen molar-refractivity contribution < 1.29 is 26.7 Å². The van der Waals surface area contributed by atoms with E-state index in [2.05, 4.69) is 20.5 Å². The summed E-state index contributed by atoms with van der Waals surface area (Å²) < 4.78 is 66.9. The van der Waals surface area contributed by atoms with Gasteiger partial charge in [-0.1, -0.05) is 42.6 Å². The molecular formula is C27H33ClF5N7O. The lowest BCUT2D eigenvalue weighted by Crippen LogP contribution is -2.46. The fourth-order valence-electron chi connectivity index (χ4n) is 5.11. The smallest absolute Gasteiger partial charge is 0.394 e. The van der Waals surface area contributed by atoms with Crippen molar-refractivity contribution >= 4 is 23.2 Å². The second kappa shape index (κ2) is 13.3. The van der Waals surface area contributed by atoms with E-state index in [1.54, 1.807) is 29.2 Å². The Bertz CT molecular complexity index is 1260. The van der Waals surface area contributed by atoms with Crippen LogP contribution in [-0.2, 0) is 17.4 Å². The Morgan fingerprint density at radius 2 is 2.00 bits per heavy atom. The fraction of sp³-hybridized carbons (Fsp3) is 0.556.